The number of nitrogens with zero attached hydrogens (tertiary/aromatic N) is 2. The zero-order valence-electron chi connectivity index (χ0n) is 13.3. The van der Waals surface area contributed by atoms with Gasteiger partial charge in [-0.3, -0.25) is 0 Å². The molecule has 0 amide bonds. The van der Waals surface area contributed by atoms with Crippen LogP contribution in [0.3, 0.4) is 0 Å². The number of fused-ring (bicyclic) bond motifs is 3. The summed E-state index contributed by atoms with van der Waals surface area (Å²) in [7, 11) is 0. The molecule has 2 aliphatic rings. The minimum absolute atomic E-state index is 0.143. The van der Waals surface area contributed by atoms with Crippen LogP contribution >= 0.6 is 22.9 Å². The second-order valence-corrected chi connectivity index (χ2v) is 7.60. The van der Waals surface area contributed by atoms with Gasteiger partial charge in [0.15, 0.2) is 0 Å². The van der Waals surface area contributed by atoms with Crippen LogP contribution in [0.2, 0.25) is 5.02 Å². The molecule has 2 atom stereocenters. The van der Waals surface area contributed by atoms with Crippen molar-refractivity contribution in [3.8, 4) is 5.75 Å². The summed E-state index contributed by atoms with van der Waals surface area (Å²) in [6.07, 6.45) is 0.655. The molecule has 0 unspecified atom stereocenters. The van der Waals surface area contributed by atoms with Crippen molar-refractivity contribution < 1.29 is 4.74 Å². The van der Waals surface area contributed by atoms with Crippen LogP contribution in [0.25, 0.3) is 0 Å². The Kier molecular flexibility index (Phi) is 3.54. The molecule has 2 aliphatic heterocycles. The van der Waals surface area contributed by atoms with E-state index < -0.39 is 0 Å². The van der Waals surface area contributed by atoms with E-state index in [1.807, 2.05) is 42.5 Å². The molecule has 0 saturated heterocycles. The largest absolute Gasteiger partial charge is 0.464 e. The number of rotatable bonds is 2. The van der Waals surface area contributed by atoms with Crippen LogP contribution in [0.15, 0.2) is 71.1 Å². The predicted octanol–water partition coefficient (Wildman–Crippen LogP) is 5.64. The second-order valence-electron chi connectivity index (χ2n) is 6.18. The zero-order chi connectivity index (χ0) is 16.8. The molecule has 3 heterocycles. The minimum atomic E-state index is -0.195. The normalized spacial score (nSPS) is 21.3. The van der Waals surface area contributed by atoms with Gasteiger partial charge in [0.05, 0.1) is 16.6 Å². The molecule has 0 N–H and O–H groups in total. The molecule has 5 rings (SSSR count). The lowest BCUT2D eigenvalue weighted by Gasteiger charge is -2.37. The Morgan fingerprint density at radius 3 is 2.76 bits per heavy atom. The van der Waals surface area contributed by atoms with Crippen LogP contribution in [0.1, 0.15) is 34.7 Å². The molecule has 5 heteroatoms. The van der Waals surface area contributed by atoms with Crippen LogP contribution in [0.4, 0.5) is 0 Å². The van der Waals surface area contributed by atoms with Crippen molar-refractivity contribution in [3.63, 3.8) is 0 Å². The maximum atomic E-state index is 6.30. The van der Waals surface area contributed by atoms with E-state index >= 15 is 0 Å². The Labute approximate surface area is 155 Å². The van der Waals surface area contributed by atoms with Gasteiger partial charge in [0.25, 0.3) is 0 Å². The highest BCUT2D eigenvalue weighted by Crippen LogP contribution is 2.48. The molecule has 0 aliphatic carbocycles. The monoisotopic (exact) mass is 366 g/mol. The fourth-order valence-corrected chi connectivity index (χ4v) is 4.41. The molecule has 25 heavy (non-hydrogen) atoms. The first-order valence-corrected chi connectivity index (χ1v) is 9.46. The lowest BCUT2D eigenvalue weighted by molar-refractivity contribution is -0.0165. The number of hydrazone groups is 1. The molecule has 3 aromatic rings. The summed E-state index contributed by atoms with van der Waals surface area (Å²) in [5, 5.41) is 9.82. The van der Waals surface area contributed by atoms with Crippen LogP contribution in [0.5, 0.6) is 5.75 Å². The maximum Gasteiger partial charge on any atom is 0.222 e. The van der Waals surface area contributed by atoms with Crippen LogP contribution < -0.4 is 4.74 Å². The molecule has 0 fully saturated rings. The smallest absolute Gasteiger partial charge is 0.222 e. The van der Waals surface area contributed by atoms with Crippen LogP contribution in [-0.4, -0.2) is 10.7 Å². The lowest BCUT2D eigenvalue weighted by atomic mass is 9.96. The molecule has 0 spiro atoms. The summed E-state index contributed by atoms with van der Waals surface area (Å²) < 4.78 is 6.30. The number of ether oxygens (including phenoxy) is 1. The zero-order valence-corrected chi connectivity index (χ0v) is 14.9. The molecule has 1 aromatic heterocycles. The van der Waals surface area contributed by atoms with Crippen molar-refractivity contribution in [1.82, 2.24) is 5.01 Å². The van der Waals surface area contributed by atoms with E-state index in [9.17, 15) is 0 Å². The Bertz CT molecular complexity index is 940. The molecule has 2 aromatic carbocycles. The van der Waals surface area contributed by atoms with Gasteiger partial charge in [-0.25, -0.2) is 5.01 Å². The van der Waals surface area contributed by atoms with E-state index in [-0.39, 0.29) is 12.3 Å². The highest BCUT2D eigenvalue weighted by molar-refractivity contribution is 7.10. The number of hydrogen-bond acceptors (Lipinski definition) is 4. The molecular weight excluding hydrogens is 352 g/mol. The third kappa shape index (κ3) is 2.53. The van der Waals surface area contributed by atoms with Crippen LogP contribution in [0, 0.1) is 0 Å². The van der Waals surface area contributed by atoms with Gasteiger partial charge in [-0.2, -0.15) is 5.10 Å². The first-order valence-electron chi connectivity index (χ1n) is 8.20. The SMILES string of the molecule is Clc1ccc2c(c1)[C@@H]1CC(c3ccccc3)=NN1[C@@H](c1cccs1)O2. The topological polar surface area (TPSA) is 24.8 Å². The van der Waals surface area contributed by atoms with Gasteiger partial charge in [0, 0.05) is 17.0 Å². The van der Waals surface area contributed by atoms with Crippen molar-refractivity contribution in [1.29, 1.82) is 0 Å². The lowest BCUT2D eigenvalue weighted by Crippen LogP contribution is -2.33. The Hall–Kier alpha value is -2.30. The summed E-state index contributed by atoms with van der Waals surface area (Å²) in [5.74, 6) is 0.897. The van der Waals surface area contributed by atoms with E-state index in [0.717, 1.165) is 38.9 Å². The fraction of sp³-hybridized carbons (Fsp3) is 0.150. The van der Waals surface area contributed by atoms with E-state index in [1.165, 1.54) is 0 Å². The van der Waals surface area contributed by atoms with Crippen molar-refractivity contribution in [2.45, 2.75) is 18.7 Å². The third-order valence-corrected chi connectivity index (χ3v) is 5.78. The summed E-state index contributed by atoms with van der Waals surface area (Å²) in [6, 6.07) is 20.5. The minimum Gasteiger partial charge on any atom is -0.464 e. The highest BCUT2D eigenvalue weighted by atomic mass is 35.5. The van der Waals surface area contributed by atoms with Gasteiger partial charge in [0.2, 0.25) is 6.23 Å². The summed E-state index contributed by atoms with van der Waals surface area (Å²) in [6.45, 7) is 0. The molecule has 3 nitrogen and oxygen atoms in total. The van der Waals surface area contributed by atoms with E-state index in [4.69, 9.17) is 21.4 Å². The number of halogens is 1. The Balaban J connectivity index is 1.61. The average Bonchev–Trinajstić information content (AvgIpc) is 3.32. The number of hydrogen-bond donors (Lipinski definition) is 0. The summed E-state index contributed by atoms with van der Waals surface area (Å²) in [4.78, 5) is 1.16. The van der Waals surface area contributed by atoms with Gasteiger partial charge in [-0.05, 0) is 35.2 Å². The molecule has 124 valence electrons. The first-order chi connectivity index (χ1) is 12.3. The number of benzene rings is 2. The molecule has 0 radical (unpaired) electrons. The summed E-state index contributed by atoms with van der Waals surface area (Å²) >= 11 is 7.94. The van der Waals surface area contributed by atoms with Gasteiger partial charge in [-0.15, -0.1) is 11.3 Å². The van der Waals surface area contributed by atoms with Crippen LogP contribution in [-0.2, 0) is 0 Å². The maximum absolute atomic E-state index is 6.30. The van der Waals surface area contributed by atoms with E-state index in [1.54, 1.807) is 11.3 Å². The van der Waals surface area contributed by atoms with Crippen molar-refractivity contribution >= 4 is 28.6 Å². The van der Waals surface area contributed by atoms with Gasteiger partial charge in [0.1, 0.15) is 5.75 Å². The predicted molar refractivity (Wildman–Crippen MR) is 101 cm³/mol. The van der Waals surface area contributed by atoms with Crippen molar-refractivity contribution in [3.05, 3.63) is 87.1 Å². The molecule has 0 bridgehead atoms. The summed E-state index contributed by atoms with van der Waals surface area (Å²) in [5.41, 5.74) is 3.35. The van der Waals surface area contributed by atoms with E-state index in [0.29, 0.717) is 0 Å². The molecular formula is C20H15ClN2OS. The quantitative estimate of drug-likeness (QED) is 0.586. The van der Waals surface area contributed by atoms with Gasteiger partial charge < -0.3 is 4.74 Å². The highest BCUT2D eigenvalue weighted by Gasteiger charge is 2.41. The standard InChI is InChI=1S/C20H15ClN2OS/c21-14-8-9-18-15(11-14)17-12-16(13-5-2-1-3-6-13)22-23(17)20(24-18)19-7-4-10-25-19/h1-11,17,20H,12H2/t17-,20+/m0/s1. The Morgan fingerprint density at radius 2 is 1.96 bits per heavy atom. The average molecular weight is 367 g/mol. The van der Waals surface area contributed by atoms with Crippen molar-refractivity contribution in [2.75, 3.05) is 0 Å². The van der Waals surface area contributed by atoms with Gasteiger partial charge >= 0.3 is 0 Å². The Morgan fingerprint density at radius 1 is 1.08 bits per heavy atom. The van der Waals surface area contributed by atoms with Crippen molar-refractivity contribution in [2.24, 2.45) is 5.10 Å². The molecule has 0 saturated carbocycles. The van der Waals surface area contributed by atoms with E-state index in [2.05, 4.69) is 28.6 Å². The third-order valence-electron chi connectivity index (χ3n) is 4.65. The number of thiophene rings is 1. The first kappa shape index (κ1) is 15.0. The van der Waals surface area contributed by atoms with Gasteiger partial charge in [-0.1, -0.05) is 48.0 Å². The second kappa shape index (κ2) is 5.90. The fourth-order valence-electron chi connectivity index (χ4n) is 3.48.